The van der Waals surface area contributed by atoms with Gasteiger partial charge in [-0.3, -0.25) is 19.0 Å². The van der Waals surface area contributed by atoms with E-state index in [1.54, 1.807) is 23.1 Å². The van der Waals surface area contributed by atoms with Gasteiger partial charge in [-0.2, -0.15) is 0 Å². The molecule has 2 aromatic rings. The third-order valence-corrected chi connectivity index (χ3v) is 4.49. The van der Waals surface area contributed by atoms with Gasteiger partial charge in [-0.15, -0.1) is 0 Å². The Morgan fingerprint density at radius 1 is 1.25 bits per heavy atom. The minimum Gasteiger partial charge on any atom is -0.345 e. The molecular weight excluding hydrogens is 376 g/mol. The first-order valence-corrected chi connectivity index (χ1v) is 8.53. The van der Waals surface area contributed by atoms with Crippen LogP contribution in [0.1, 0.15) is 12.8 Å². The first-order chi connectivity index (χ1) is 11.5. The van der Waals surface area contributed by atoms with Gasteiger partial charge in [-0.25, -0.2) is 4.98 Å². The number of carbonyl (C=O) groups excluding carboxylic acids is 2. The Bertz CT molecular complexity index is 843. The molecule has 0 spiro atoms. The number of nitrogens with one attached hydrogen (secondary N) is 1. The Labute approximate surface area is 146 Å². The quantitative estimate of drug-likeness (QED) is 0.837. The number of halogens is 1. The maximum atomic E-state index is 12.4. The molecule has 3 rings (SSSR count). The molecule has 8 heteroatoms. The van der Waals surface area contributed by atoms with E-state index < -0.39 is 0 Å². The Morgan fingerprint density at radius 3 is 2.75 bits per heavy atom. The third-order valence-electron chi connectivity index (χ3n) is 4.00. The maximum Gasteiger partial charge on any atom is 0.261 e. The zero-order valence-electron chi connectivity index (χ0n) is 13.0. The van der Waals surface area contributed by atoms with Crippen molar-refractivity contribution in [2.45, 2.75) is 19.4 Å². The van der Waals surface area contributed by atoms with Crippen molar-refractivity contribution in [3.63, 3.8) is 0 Å². The van der Waals surface area contributed by atoms with Crippen molar-refractivity contribution in [2.24, 2.45) is 0 Å². The van der Waals surface area contributed by atoms with Crippen LogP contribution in [-0.2, 0) is 16.1 Å². The molecule has 0 radical (unpaired) electrons. The Kier molecular flexibility index (Phi) is 4.94. The predicted octanol–water partition coefficient (Wildman–Crippen LogP) is 0.898. The highest BCUT2D eigenvalue weighted by molar-refractivity contribution is 9.10. The minimum atomic E-state index is -0.388. The van der Waals surface area contributed by atoms with Crippen LogP contribution in [0.2, 0.25) is 0 Å². The van der Waals surface area contributed by atoms with Crippen molar-refractivity contribution in [1.29, 1.82) is 0 Å². The van der Waals surface area contributed by atoms with Crippen LogP contribution in [0, 0.1) is 0 Å². The van der Waals surface area contributed by atoms with Crippen LogP contribution in [0.4, 0.5) is 0 Å². The molecule has 0 unspecified atom stereocenters. The van der Waals surface area contributed by atoms with E-state index in [0.29, 0.717) is 10.9 Å². The van der Waals surface area contributed by atoms with E-state index >= 15 is 0 Å². The van der Waals surface area contributed by atoms with Crippen LogP contribution in [-0.4, -0.2) is 45.9 Å². The summed E-state index contributed by atoms with van der Waals surface area (Å²) in [5.74, 6) is -0.477. The van der Waals surface area contributed by atoms with E-state index in [9.17, 15) is 14.4 Å². The maximum absolute atomic E-state index is 12.4. The summed E-state index contributed by atoms with van der Waals surface area (Å²) in [6, 6.07) is 5.21. The van der Waals surface area contributed by atoms with Crippen molar-refractivity contribution in [3.8, 4) is 0 Å². The lowest BCUT2D eigenvalue weighted by molar-refractivity contribution is -0.132. The van der Waals surface area contributed by atoms with Gasteiger partial charge in [0.1, 0.15) is 6.54 Å². The molecule has 126 valence electrons. The number of fused-ring (bicyclic) bond motifs is 1. The van der Waals surface area contributed by atoms with Crippen molar-refractivity contribution >= 4 is 38.6 Å². The summed E-state index contributed by atoms with van der Waals surface area (Å²) < 4.78 is 2.01. The zero-order chi connectivity index (χ0) is 17.1. The molecule has 1 aliphatic rings. The predicted molar refractivity (Wildman–Crippen MR) is 92.5 cm³/mol. The van der Waals surface area contributed by atoms with Gasteiger partial charge >= 0.3 is 0 Å². The Morgan fingerprint density at radius 2 is 2.00 bits per heavy atom. The van der Waals surface area contributed by atoms with Crippen molar-refractivity contribution in [3.05, 3.63) is 39.4 Å². The lowest BCUT2D eigenvalue weighted by Gasteiger charge is -2.15. The number of nitrogens with zero attached hydrogens (tertiary/aromatic N) is 3. The number of hydrogen-bond donors (Lipinski definition) is 1. The molecule has 24 heavy (non-hydrogen) atoms. The van der Waals surface area contributed by atoms with E-state index in [0.717, 1.165) is 30.4 Å². The molecule has 0 aliphatic carbocycles. The summed E-state index contributed by atoms with van der Waals surface area (Å²) in [5.41, 5.74) is 0.284. The van der Waals surface area contributed by atoms with Crippen LogP contribution in [0.25, 0.3) is 10.9 Å². The Hall–Kier alpha value is -2.22. The molecule has 1 fully saturated rings. The summed E-state index contributed by atoms with van der Waals surface area (Å²) in [6.45, 7) is 1.29. The number of aromatic nitrogens is 2. The second kappa shape index (κ2) is 7.12. The fourth-order valence-corrected chi connectivity index (χ4v) is 3.07. The second-order valence-corrected chi connectivity index (χ2v) is 6.62. The largest absolute Gasteiger partial charge is 0.345 e. The van der Waals surface area contributed by atoms with Gasteiger partial charge in [-0.1, -0.05) is 15.9 Å². The van der Waals surface area contributed by atoms with Gasteiger partial charge in [0, 0.05) is 17.6 Å². The van der Waals surface area contributed by atoms with E-state index in [1.165, 1.54) is 10.9 Å². The first-order valence-electron chi connectivity index (χ1n) is 7.74. The van der Waals surface area contributed by atoms with Crippen molar-refractivity contribution in [1.82, 2.24) is 19.8 Å². The number of amides is 2. The molecule has 0 bridgehead atoms. The van der Waals surface area contributed by atoms with Crippen LogP contribution >= 0.6 is 15.9 Å². The van der Waals surface area contributed by atoms with Crippen LogP contribution in [0.5, 0.6) is 0 Å². The highest BCUT2D eigenvalue weighted by Crippen LogP contribution is 2.14. The summed E-state index contributed by atoms with van der Waals surface area (Å²) >= 11 is 3.32. The lowest BCUT2D eigenvalue weighted by Crippen LogP contribution is -2.40. The molecule has 1 N–H and O–H groups in total. The van der Waals surface area contributed by atoms with E-state index in [1.807, 2.05) is 0 Å². The SMILES string of the molecule is O=C(Cn1cnc2ccc(Br)cc2c1=O)NCC(=O)N1CCCC1. The Balaban J connectivity index is 1.66. The van der Waals surface area contributed by atoms with Gasteiger partial charge in [0.2, 0.25) is 11.8 Å². The number of hydrogen-bond acceptors (Lipinski definition) is 4. The van der Waals surface area contributed by atoms with Gasteiger partial charge in [-0.05, 0) is 31.0 Å². The average molecular weight is 393 g/mol. The lowest BCUT2D eigenvalue weighted by atomic mass is 10.2. The fourth-order valence-electron chi connectivity index (χ4n) is 2.71. The molecular formula is C16H17BrN4O3. The normalized spacial score (nSPS) is 14.1. The number of benzene rings is 1. The second-order valence-electron chi connectivity index (χ2n) is 5.70. The summed E-state index contributed by atoms with van der Waals surface area (Å²) in [7, 11) is 0. The van der Waals surface area contributed by atoms with Gasteiger partial charge < -0.3 is 10.2 Å². The topological polar surface area (TPSA) is 84.3 Å². The highest BCUT2D eigenvalue weighted by Gasteiger charge is 2.18. The fraction of sp³-hybridized carbons (Fsp3) is 0.375. The van der Waals surface area contributed by atoms with Crippen LogP contribution < -0.4 is 10.9 Å². The zero-order valence-corrected chi connectivity index (χ0v) is 14.6. The van der Waals surface area contributed by atoms with Crippen molar-refractivity contribution in [2.75, 3.05) is 19.6 Å². The minimum absolute atomic E-state index is 0.0415. The molecule has 7 nitrogen and oxygen atoms in total. The number of rotatable bonds is 4. The molecule has 2 amide bonds. The van der Waals surface area contributed by atoms with E-state index in [4.69, 9.17) is 0 Å². The molecule has 1 aliphatic heterocycles. The highest BCUT2D eigenvalue weighted by atomic mass is 79.9. The van der Waals surface area contributed by atoms with Crippen LogP contribution in [0.15, 0.2) is 33.8 Å². The number of likely N-dealkylation sites (tertiary alicyclic amines) is 1. The summed E-state index contributed by atoms with van der Waals surface area (Å²) in [4.78, 5) is 42.2. The molecule has 1 saturated heterocycles. The van der Waals surface area contributed by atoms with Gasteiger partial charge in [0.25, 0.3) is 5.56 Å². The van der Waals surface area contributed by atoms with Crippen molar-refractivity contribution < 1.29 is 9.59 Å². The number of carbonyl (C=O) groups is 2. The molecule has 0 saturated carbocycles. The average Bonchev–Trinajstić information content (AvgIpc) is 3.10. The summed E-state index contributed by atoms with van der Waals surface area (Å²) in [6.07, 6.45) is 3.36. The summed E-state index contributed by atoms with van der Waals surface area (Å²) in [5, 5.41) is 3.01. The first kappa shape index (κ1) is 16.6. The van der Waals surface area contributed by atoms with Gasteiger partial charge in [0.15, 0.2) is 0 Å². The van der Waals surface area contributed by atoms with Crippen LogP contribution in [0.3, 0.4) is 0 Å². The third kappa shape index (κ3) is 3.64. The smallest absolute Gasteiger partial charge is 0.261 e. The van der Waals surface area contributed by atoms with E-state index in [2.05, 4.69) is 26.2 Å². The van der Waals surface area contributed by atoms with Gasteiger partial charge in [0.05, 0.1) is 23.8 Å². The molecule has 0 atom stereocenters. The molecule has 2 heterocycles. The molecule has 1 aromatic carbocycles. The van der Waals surface area contributed by atoms with E-state index in [-0.39, 0.29) is 30.5 Å². The monoisotopic (exact) mass is 392 g/mol. The molecule has 1 aromatic heterocycles. The standard InChI is InChI=1S/C16H17BrN4O3/c17-11-3-4-13-12(7-11)16(24)21(10-19-13)9-14(22)18-8-15(23)20-5-1-2-6-20/h3-4,7,10H,1-2,5-6,8-9H2,(H,18,22).